The van der Waals surface area contributed by atoms with E-state index in [-0.39, 0.29) is 11.9 Å². The van der Waals surface area contributed by atoms with Crippen LogP contribution in [0.2, 0.25) is 0 Å². The molecule has 0 radical (unpaired) electrons. The van der Waals surface area contributed by atoms with E-state index in [1.54, 1.807) is 17.9 Å². The van der Waals surface area contributed by atoms with Gasteiger partial charge in [0, 0.05) is 18.8 Å². The molecule has 1 N–H and O–H groups in total. The Labute approximate surface area is 111 Å². The van der Waals surface area contributed by atoms with E-state index in [1.807, 2.05) is 0 Å². The molecule has 1 aliphatic rings. The second-order valence-electron chi connectivity index (χ2n) is 4.55. The molecule has 19 heavy (non-hydrogen) atoms. The maximum atomic E-state index is 12.4. The van der Waals surface area contributed by atoms with E-state index in [2.05, 4.69) is 4.98 Å². The highest BCUT2D eigenvalue weighted by Gasteiger charge is 2.38. The second kappa shape index (κ2) is 5.26. The van der Waals surface area contributed by atoms with Crippen molar-refractivity contribution in [3.63, 3.8) is 0 Å². The number of hydrogen-bond donors (Lipinski definition) is 1. The number of aromatic nitrogens is 1. The van der Waals surface area contributed by atoms with Gasteiger partial charge in [0.1, 0.15) is 5.75 Å². The zero-order chi connectivity index (χ0) is 14.0. The van der Waals surface area contributed by atoms with E-state index in [1.165, 1.54) is 19.5 Å². The Kier molecular flexibility index (Phi) is 3.69. The number of likely N-dealkylation sites (tertiary alicyclic amines) is 1. The van der Waals surface area contributed by atoms with Crippen LogP contribution in [0.5, 0.6) is 5.75 Å². The zero-order valence-electron chi connectivity index (χ0n) is 10.9. The Hall–Kier alpha value is -2.11. The molecular weight excluding hydrogens is 248 g/mol. The summed E-state index contributed by atoms with van der Waals surface area (Å²) in [6, 6.07) is 1.27. The number of carboxylic acids is 1. The first kappa shape index (κ1) is 13.3. The summed E-state index contributed by atoms with van der Waals surface area (Å²) in [4.78, 5) is 29.0. The molecule has 6 heteroatoms. The van der Waals surface area contributed by atoms with Crippen LogP contribution in [0.3, 0.4) is 0 Å². The minimum atomic E-state index is -0.857. The number of carboxylic acid groups (broad SMARTS) is 1. The molecule has 2 unspecified atom stereocenters. The van der Waals surface area contributed by atoms with E-state index >= 15 is 0 Å². The summed E-state index contributed by atoms with van der Waals surface area (Å²) < 4.78 is 5.11. The van der Waals surface area contributed by atoms with Crippen molar-refractivity contribution in [3.8, 4) is 5.75 Å². The highest BCUT2D eigenvalue weighted by atomic mass is 16.5. The number of methoxy groups -OCH3 is 1. The maximum absolute atomic E-state index is 12.4. The fourth-order valence-electron chi connectivity index (χ4n) is 2.43. The molecule has 6 nitrogen and oxygen atoms in total. The van der Waals surface area contributed by atoms with Crippen LogP contribution in [0, 0.1) is 5.92 Å². The minimum absolute atomic E-state index is 0.212. The molecule has 0 aromatic carbocycles. The number of pyridine rings is 1. The van der Waals surface area contributed by atoms with Gasteiger partial charge in [-0.1, -0.05) is 0 Å². The first-order valence-corrected chi connectivity index (χ1v) is 6.08. The molecule has 0 spiro atoms. The van der Waals surface area contributed by atoms with Gasteiger partial charge in [-0.3, -0.25) is 14.6 Å². The molecule has 1 aromatic heterocycles. The van der Waals surface area contributed by atoms with Crippen LogP contribution in [0.25, 0.3) is 0 Å². The Bertz CT molecular complexity index is 503. The van der Waals surface area contributed by atoms with Crippen LogP contribution in [-0.2, 0) is 4.79 Å². The van der Waals surface area contributed by atoms with Gasteiger partial charge in [0.2, 0.25) is 0 Å². The Morgan fingerprint density at radius 3 is 2.84 bits per heavy atom. The monoisotopic (exact) mass is 264 g/mol. The van der Waals surface area contributed by atoms with E-state index < -0.39 is 11.9 Å². The molecule has 1 saturated heterocycles. The number of ether oxygens (including phenoxy) is 1. The lowest BCUT2D eigenvalue weighted by molar-refractivity contribution is -0.142. The van der Waals surface area contributed by atoms with Crippen LogP contribution in [0.15, 0.2) is 18.5 Å². The number of rotatable bonds is 3. The summed E-state index contributed by atoms with van der Waals surface area (Å²) in [5.74, 6) is -1.17. The summed E-state index contributed by atoms with van der Waals surface area (Å²) in [5, 5.41) is 9.08. The van der Waals surface area contributed by atoms with E-state index in [0.717, 1.165) is 0 Å². The molecule has 0 bridgehead atoms. The lowest BCUT2D eigenvalue weighted by Crippen LogP contribution is -2.37. The number of carbonyl (C=O) groups excluding carboxylic acids is 1. The number of amides is 1. The lowest BCUT2D eigenvalue weighted by Gasteiger charge is -2.23. The quantitative estimate of drug-likeness (QED) is 0.881. The van der Waals surface area contributed by atoms with E-state index in [9.17, 15) is 9.59 Å². The van der Waals surface area contributed by atoms with Gasteiger partial charge in [-0.05, 0) is 19.4 Å². The largest absolute Gasteiger partial charge is 0.494 e. The van der Waals surface area contributed by atoms with Gasteiger partial charge in [-0.15, -0.1) is 0 Å². The second-order valence-corrected chi connectivity index (χ2v) is 4.55. The van der Waals surface area contributed by atoms with Gasteiger partial charge < -0.3 is 14.7 Å². The molecule has 1 amide bonds. The molecule has 1 aromatic rings. The van der Waals surface area contributed by atoms with Gasteiger partial charge in [-0.25, -0.2) is 0 Å². The molecule has 102 valence electrons. The standard InChI is InChI=1S/C13H16N2O4/c1-8-9(13(17)18)4-6-15(8)12(16)10-3-5-14-7-11(10)19-2/h3,5,7-9H,4,6H2,1-2H3,(H,17,18). The molecule has 0 aliphatic carbocycles. The number of nitrogens with zero attached hydrogens (tertiary/aromatic N) is 2. The van der Waals surface area contributed by atoms with Gasteiger partial charge in [0.15, 0.2) is 0 Å². The SMILES string of the molecule is COc1cnccc1C(=O)N1CCC(C(=O)O)C1C. The van der Waals surface area contributed by atoms with Crippen molar-refractivity contribution < 1.29 is 19.4 Å². The van der Waals surface area contributed by atoms with Crippen LogP contribution in [0.1, 0.15) is 23.7 Å². The average Bonchev–Trinajstić information content (AvgIpc) is 2.80. The van der Waals surface area contributed by atoms with Gasteiger partial charge in [-0.2, -0.15) is 0 Å². The number of carbonyl (C=O) groups is 2. The Balaban J connectivity index is 2.23. The predicted molar refractivity (Wildman–Crippen MR) is 67.0 cm³/mol. The molecule has 1 aliphatic heterocycles. The summed E-state index contributed by atoms with van der Waals surface area (Å²) >= 11 is 0. The van der Waals surface area contributed by atoms with Crippen molar-refractivity contribution in [3.05, 3.63) is 24.0 Å². The third-order valence-corrected chi connectivity index (χ3v) is 3.57. The molecule has 2 atom stereocenters. The molecule has 2 rings (SSSR count). The van der Waals surface area contributed by atoms with Crippen molar-refractivity contribution in [2.45, 2.75) is 19.4 Å². The van der Waals surface area contributed by atoms with Crippen molar-refractivity contribution >= 4 is 11.9 Å². The number of hydrogen-bond acceptors (Lipinski definition) is 4. The van der Waals surface area contributed by atoms with Crippen LogP contribution >= 0.6 is 0 Å². The van der Waals surface area contributed by atoms with Gasteiger partial charge in [0.05, 0.1) is 24.8 Å². The maximum Gasteiger partial charge on any atom is 0.308 e. The summed E-state index contributed by atoms with van der Waals surface area (Å²) in [5.41, 5.74) is 0.412. The van der Waals surface area contributed by atoms with Crippen LogP contribution in [0.4, 0.5) is 0 Å². The first-order chi connectivity index (χ1) is 9.06. The summed E-state index contributed by atoms with van der Waals surface area (Å²) in [6.45, 7) is 2.21. The predicted octanol–water partition coefficient (Wildman–Crippen LogP) is 1.03. The fourth-order valence-corrected chi connectivity index (χ4v) is 2.43. The van der Waals surface area contributed by atoms with E-state index in [4.69, 9.17) is 9.84 Å². The lowest BCUT2D eigenvalue weighted by atomic mass is 10.0. The average molecular weight is 264 g/mol. The Morgan fingerprint density at radius 2 is 2.26 bits per heavy atom. The zero-order valence-corrected chi connectivity index (χ0v) is 10.9. The third-order valence-electron chi connectivity index (χ3n) is 3.57. The fraction of sp³-hybridized carbons (Fsp3) is 0.462. The van der Waals surface area contributed by atoms with Crippen LogP contribution in [-0.4, -0.2) is 46.6 Å². The summed E-state index contributed by atoms with van der Waals surface area (Å²) in [6.07, 6.45) is 3.48. The molecule has 1 fully saturated rings. The normalized spacial score (nSPS) is 22.3. The van der Waals surface area contributed by atoms with Crippen LogP contribution < -0.4 is 4.74 Å². The summed E-state index contributed by atoms with van der Waals surface area (Å²) in [7, 11) is 1.47. The topological polar surface area (TPSA) is 79.7 Å². The highest BCUT2D eigenvalue weighted by molar-refractivity contribution is 5.97. The van der Waals surface area contributed by atoms with Crippen molar-refractivity contribution in [1.82, 2.24) is 9.88 Å². The Morgan fingerprint density at radius 1 is 1.53 bits per heavy atom. The van der Waals surface area contributed by atoms with Crippen molar-refractivity contribution in [1.29, 1.82) is 0 Å². The molecule has 2 heterocycles. The van der Waals surface area contributed by atoms with Gasteiger partial charge >= 0.3 is 5.97 Å². The molecular formula is C13H16N2O4. The third kappa shape index (κ3) is 2.38. The first-order valence-electron chi connectivity index (χ1n) is 6.08. The van der Waals surface area contributed by atoms with E-state index in [0.29, 0.717) is 24.3 Å². The van der Waals surface area contributed by atoms with Crippen molar-refractivity contribution in [2.75, 3.05) is 13.7 Å². The number of aliphatic carboxylic acids is 1. The molecule has 0 saturated carbocycles. The minimum Gasteiger partial charge on any atom is -0.494 e. The van der Waals surface area contributed by atoms with Gasteiger partial charge in [0.25, 0.3) is 5.91 Å². The smallest absolute Gasteiger partial charge is 0.308 e. The highest BCUT2D eigenvalue weighted by Crippen LogP contribution is 2.28. The van der Waals surface area contributed by atoms with Crippen molar-refractivity contribution in [2.24, 2.45) is 5.92 Å².